The zero-order valence-corrected chi connectivity index (χ0v) is 18.6. The van der Waals surface area contributed by atoms with E-state index in [1.807, 2.05) is 37.3 Å². The minimum atomic E-state index is -0.468. The molecule has 168 valence electrons. The molecule has 7 nitrogen and oxygen atoms in total. The van der Waals surface area contributed by atoms with Gasteiger partial charge in [-0.2, -0.15) is 0 Å². The average Bonchev–Trinajstić information content (AvgIpc) is 2.82. The Morgan fingerprint density at radius 2 is 1.81 bits per heavy atom. The van der Waals surface area contributed by atoms with E-state index in [9.17, 15) is 14.4 Å². The van der Waals surface area contributed by atoms with E-state index in [0.717, 1.165) is 11.1 Å². The zero-order valence-electron chi connectivity index (χ0n) is 17.8. The van der Waals surface area contributed by atoms with Crippen molar-refractivity contribution < 1.29 is 19.1 Å². The van der Waals surface area contributed by atoms with Crippen LogP contribution in [0.2, 0.25) is 5.02 Å². The molecule has 0 atom stereocenters. The van der Waals surface area contributed by atoms with Crippen LogP contribution < -0.4 is 15.6 Å². The zero-order chi connectivity index (χ0) is 22.9. The molecule has 2 N–H and O–H groups in total. The molecule has 3 rings (SSSR count). The molecular weight excluding hydrogens is 430 g/mol. The van der Waals surface area contributed by atoms with Crippen molar-refractivity contribution in [1.29, 1.82) is 0 Å². The number of amides is 3. The first-order valence-corrected chi connectivity index (χ1v) is 10.8. The third kappa shape index (κ3) is 6.85. The van der Waals surface area contributed by atoms with Crippen LogP contribution >= 0.6 is 11.6 Å². The predicted molar refractivity (Wildman–Crippen MR) is 123 cm³/mol. The Kier molecular flexibility index (Phi) is 8.27. The maximum absolute atomic E-state index is 12.4. The smallest absolute Gasteiger partial charge is 0.276 e. The fourth-order valence-electron chi connectivity index (χ4n) is 3.32. The Morgan fingerprint density at radius 1 is 1.09 bits per heavy atom. The lowest BCUT2D eigenvalue weighted by Crippen LogP contribution is -2.49. The number of piperidine rings is 1. The predicted octanol–water partition coefficient (Wildman–Crippen LogP) is 3.13. The first-order valence-electron chi connectivity index (χ1n) is 10.4. The number of nitrogens with one attached hydrogen (secondary N) is 2. The summed E-state index contributed by atoms with van der Waals surface area (Å²) < 4.78 is 5.40. The second-order valence-electron chi connectivity index (χ2n) is 7.58. The van der Waals surface area contributed by atoms with Gasteiger partial charge in [-0.3, -0.25) is 25.2 Å². The van der Waals surface area contributed by atoms with Gasteiger partial charge in [-0.1, -0.05) is 41.9 Å². The molecule has 0 aliphatic carbocycles. The molecule has 1 aliphatic heterocycles. The molecular formula is C24H26ClN3O4. The highest BCUT2D eigenvalue weighted by Crippen LogP contribution is 2.21. The fraction of sp³-hybridized carbons (Fsp3) is 0.292. The maximum Gasteiger partial charge on any atom is 0.276 e. The van der Waals surface area contributed by atoms with Gasteiger partial charge in [0, 0.05) is 30.1 Å². The lowest BCUT2D eigenvalue weighted by molar-refractivity contribution is -0.134. The number of hydrogen-bond donors (Lipinski definition) is 2. The van der Waals surface area contributed by atoms with Crippen molar-refractivity contribution in [2.75, 3.05) is 19.7 Å². The summed E-state index contributed by atoms with van der Waals surface area (Å²) >= 11 is 5.96. The van der Waals surface area contributed by atoms with E-state index in [4.69, 9.17) is 16.3 Å². The summed E-state index contributed by atoms with van der Waals surface area (Å²) in [6.07, 6.45) is 4.41. The summed E-state index contributed by atoms with van der Waals surface area (Å²) in [5, 5.41) is 0.619. The van der Waals surface area contributed by atoms with Crippen molar-refractivity contribution in [2.45, 2.75) is 19.8 Å². The normalized spacial score (nSPS) is 14.2. The Labute approximate surface area is 192 Å². The molecule has 1 aliphatic rings. The highest BCUT2D eigenvalue weighted by Gasteiger charge is 2.26. The Balaban J connectivity index is 1.36. The van der Waals surface area contributed by atoms with Gasteiger partial charge in [0.2, 0.25) is 11.8 Å². The van der Waals surface area contributed by atoms with Gasteiger partial charge in [0.05, 0.1) is 0 Å². The number of hydrogen-bond acceptors (Lipinski definition) is 4. The summed E-state index contributed by atoms with van der Waals surface area (Å²) in [6, 6.07) is 14.7. The SMILES string of the molecule is Cc1cc(OCC(=O)NNC(=O)C2CCN(C(=O)/C=C/c3ccccc3)CC2)ccc1Cl. The summed E-state index contributed by atoms with van der Waals surface area (Å²) in [5.74, 6) is -0.558. The van der Waals surface area contributed by atoms with Crippen molar-refractivity contribution in [3.8, 4) is 5.75 Å². The topological polar surface area (TPSA) is 87.7 Å². The molecule has 8 heteroatoms. The van der Waals surface area contributed by atoms with Crippen LogP contribution in [0.1, 0.15) is 24.0 Å². The van der Waals surface area contributed by atoms with E-state index in [2.05, 4.69) is 10.9 Å². The van der Waals surface area contributed by atoms with Crippen LogP contribution in [0.3, 0.4) is 0 Å². The van der Waals surface area contributed by atoms with Gasteiger partial charge in [-0.25, -0.2) is 0 Å². The minimum Gasteiger partial charge on any atom is -0.484 e. The lowest BCUT2D eigenvalue weighted by atomic mass is 9.96. The summed E-state index contributed by atoms with van der Waals surface area (Å²) in [6.45, 7) is 2.59. The summed E-state index contributed by atoms with van der Waals surface area (Å²) in [7, 11) is 0. The molecule has 2 aromatic rings. The summed E-state index contributed by atoms with van der Waals surface area (Å²) in [5.41, 5.74) is 6.61. The minimum absolute atomic E-state index is 0.0735. The molecule has 1 heterocycles. The molecule has 0 radical (unpaired) electrons. The number of rotatable bonds is 6. The van der Waals surface area contributed by atoms with E-state index in [-0.39, 0.29) is 24.3 Å². The lowest BCUT2D eigenvalue weighted by Gasteiger charge is -2.30. The molecule has 3 amide bonds. The van der Waals surface area contributed by atoms with Crippen LogP contribution in [0.15, 0.2) is 54.6 Å². The molecule has 0 saturated carbocycles. The van der Waals surface area contributed by atoms with Crippen LogP contribution in [-0.2, 0) is 14.4 Å². The van der Waals surface area contributed by atoms with Crippen molar-refractivity contribution in [2.24, 2.45) is 5.92 Å². The fourth-order valence-corrected chi connectivity index (χ4v) is 3.44. The monoisotopic (exact) mass is 455 g/mol. The third-order valence-electron chi connectivity index (χ3n) is 5.22. The standard InChI is InChI=1S/C24H26ClN3O4/c1-17-15-20(8-9-21(17)25)32-16-22(29)26-27-24(31)19-11-13-28(14-12-19)23(30)10-7-18-5-3-2-4-6-18/h2-10,15,19H,11-14,16H2,1H3,(H,26,29)(H,27,31)/b10-7+. The quantitative estimate of drug-likeness (QED) is 0.517. The first-order chi connectivity index (χ1) is 15.4. The number of aryl methyl sites for hydroxylation is 1. The van der Waals surface area contributed by atoms with Crippen molar-refractivity contribution >= 4 is 35.4 Å². The number of benzene rings is 2. The highest BCUT2D eigenvalue weighted by molar-refractivity contribution is 6.31. The number of likely N-dealkylation sites (tertiary alicyclic amines) is 1. The van der Waals surface area contributed by atoms with E-state index in [1.165, 1.54) is 0 Å². The number of ether oxygens (including phenoxy) is 1. The second-order valence-corrected chi connectivity index (χ2v) is 7.99. The van der Waals surface area contributed by atoms with E-state index < -0.39 is 5.91 Å². The van der Waals surface area contributed by atoms with Gasteiger partial charge < -0.3 is 9.64 Å². The van der Waals surface area contributed by atoms with Crippen LogP contribution in [0, 0.1) is 12.8 Å². The molecule has 1 fully saturated rings. The molecule has 1 saturated heterocycles. The summed E-state index contributed by atoms with van der Waals surface area (Å²) in [4.78, 5) is 38.4. The number of carbonyl (C=O) groups is 3. The largest absolute Gasteiger partial charge is 0.484 e. The molecule has 0 bridgehead atoms. The van der Waals surface area contributed by atoms with Gasteiger partial charge in [0.1, 0.15) is 5.75 Å². The third-order valence-corrected chi connectivity index (χ3v) is 5.64. The molecule has 0 unspecified atom stereocenters. The van der Waals surface area contributed by atoms with E-state index in [0.29, 0.717) is 36.7 Å². The highest BCUT2D eigenvalue weighted by atomic mass is 35.5. The number of carbonyl (C=O) groups excluding carboxylic acids is 3. The molecule has 2 aromatic carbocycles. The number of halogens is 1. The first kappa shape index (κ1) is 23.3. The van der Waals surface area contributed by atoms with E-state index >= 15 is 0 Å². The molecule has 0 aromatic heterocycles. The number of nitrogens with zero attached hydrogens (tertiary/aromatic N) is 1. The van der Waals surface area contributed by atoms with Gasteiger partial charge in [0.25, 0.3) is 5.91 Å². The van der Waals surface area contributed by atoms with Crippen LogP contribution in [0.25, 0.3) is 6.08 Å². The number of hydrazine groups is 1. The maximum atomic E-state index is 12.4. The van der Waals surface area contributed by atoms with Gasteiger partial charge in [-0.15, -0.1) is 0 Å². The van der Waals surface area contributed by atoms with Crippen LogP contribution in [0.4, 0.5) is 0 Å². The van der Waals surface area contributed by atoms with E-state index in [1.54, 1.807) is 35.3 Å². The van der Waals surface area contributed by atoms with Crippen molar-refractivity contribution in [3.05, 3.63) is 70.8 Å². The van der Waals surface area contributed by atoms with Gasteiger partial charge in [-0.05, 0) is 55.2 Å². The van der Waals surface area contributed by atoms with Crippen LogP contribution in [-0.4, -0.2) is 42.3 Å². The van der Waals surface area contributed by atoms with Crippen LogP contribution in [0.5, 0.6) is 5.75 Å². The Morgan fingerprint density at radius 3 is 2.50 bits per heavy atom. The van der Waals surface area contributed by atoms with Gasteiger partial charge >= 0.3 is 0 Å². The Bertz CT molecular complexity index is 986. The Hall–Kier alpha value is -3.32. The van der Waals surface area contributed by atoms with Crippen molar-refractivity contribution in [3.63, 3.8) is 0 Å². The average molecular weight is 456 g/mol. The van der Waals surface area contributed by atoms with Crippen molar-refractivity contribution in [1.82, 2.24) is 15.8 Å². The van der Waals surface area contributed by atoms with Gasteiger partial charge in [0.15, 0.2) is 6.61 Å². The second kappa shape index (κ2) is 11.3. The molecule has 0 spiro atoms. The molecule has 32 heavy (non-hydrogen) atoms.